The van der Waals surface area contributed by atoms with Crippen LogP contribution in [-0.2, 0) is 0 Å². The molecule has 1 atom stereocenters. The van der Waals surface area contributed by atoms with E-state index in [4.69, 9.17) is 10.5 Å². The molecule has 0 fully saturated rings. The maximum absolute atomic E-state index is 5.78. The van der Waals surface area contributed by atoms with Crippen LogP contribution < -0.4 is 15.8 Å². The second-order valence-corrected chi connectivity index (χ2v) is 6.20. The average molecular weight is 275 g/mol. The van der Waals surface area contributed by atoms with Gasteiger partial charge in [-0.1, -0.05) is 6.92 Å². The van der Waals surface area contributed by atoms with Gasteiger partial charge in [-0.3, -0.25) is 0 Å². The van der Waals surface area contributed by atoms with Crippen molar-refractivity contribution in [2.24, 2.45) is 0 Å². The van der Waals surface area contributed by atoms with E-state index in [-0.39, 0.29) is 6.10 Å². The SMILES string of the molecule is CSC(C)CCNc1snc(N)c1OC(C)C. The molecule has 98 valence electrons. The van der Waals surface area contributed by atoms with Crippen molar-refractivity contribution in [3.63, 3.8) is 0 Å². The predicted octanol–water partition coefficient (Wildman–Crippen LogP) is 3.07. The van der Waals surface area contributed by atoms with E-state index in [1.807, 2.05) is 25.6 Å². The molecule has 0 aliphatic rings. The third-order valence-corrected chi connectivity index (χ3v) is 4.11. The Kier molecular flexibility index (Phi) is 5.91. The second-order valence-electron chi connectivity index (χ2n) is 4.15. The Hall–Kier alpha value is -0.620. The lowest BCUT2D eigenvalue weighted by Crippen LogP contribution is -2.10. The Morgan fingerprint density at radius 1 is 1.47 bits per heavy atom. The summed E-state index contributed by atoms with van der Waals surface area (Å²) in [6.45, 7) is 7.10. The van der Waals surface area contributed by atoms with Gasteiger partial charge in [0.2, 0.25) is 0 Å². The summed E-state index contributed by atoms with van der Waals surface area (Å²) in [6.07, 6.45) is 3.35. The van der Waals surface area contributed by atoms with E-state index in [2.05, 4.69) is 22.9 Å². The van der Waals surface area contributed by atoms with E-state index >= 15 is 0 Å². The number of thioether (sulfide) groups is 1. The number of aromatic nitrogens is 1. The van der Waals surface area contributed by atoms with Crippen molar-refractivity contribution >= 4 is 34.1 Å². The molecule has 1 rings (SSSR count). The number of nitrogens with one attached hydrogen (secondary N) is 1. The first kappa shape index (κ1) is 14.4. The monoisotopic (exact) mass is 275 g/mol. The average Bonchev–Trinajstić information content (AvgIpc) is 2.60. The highest BCUT2D eigenvalue weighted by Gasteiger charge is 2.14. The van der Waals surface area contributed by atoms with Gasteiger partial charge in [-0.25, -0.2) is 0 Å². The zero-order valence-corrected chi connectivity index (χ0v) is 12.5. The summed E-state index contributed by atoms with van der Waals surface area (Å²) in [6, 6.07) is 0. The van der Waals surface area contributed by atoms with Gasteiger partial charge in [-0.05, 0) is 38.1 Å². The van der Waals surface area contributed by atoms with Crippen molar-refractivity contribution in [3.8, 4) is 5.75 Å². The summed E-state index contributed by atoms with van der Waals surface area (Å²) in [4.78, 5) is 0. The molecule has 0 radical (unpaired) electrons. The number of anilines is 2. The molecule has 0 saturated carbocycles. The third kappa shape index (κ3) is 4.63. The van der Waals surface area contributed by atoms with Crippen LogP contribution in [0.3, 0.4) is 0 Å². The molecule has 0 amide bonds. The number of hydrogen-bond acceptors (Lipinski definition) is 6. The molecule has 6 heteroatoms. The molecule has 0 aliphatic carbocycles. The zero-order valence-electron chi connectivity index (χ0n) is 10.8. The summed E-state index contributed by atoms with van der Waals surface area (Å²) >= 11 is 3.23. The first-order valence-electron chi connectivity index (χ1n) is 5.73. The van der Waals surface area contributed by atoms with Crippen molar-refractivity contribution < 1.29 is 4.74 Å². The largest absolute Gasteiger partial charge is 0.484 e. The molecule has 0 saturated heterocycles. The number of rotatable bonds is 7. The molecule has 0 spiro atoms. The Balaban J connectivity index is 2.53. The summed E-state index contributed by atoms with van der Waals surface area (Å²) in [5.74, 6) is 1.17. The van der Waals surface area contributed by atoms with Crippen molar-refractivity contribution in [1.29, 1.82) is 0 Å². The van der Waals surface area contributed by atoms with E-state index in [0.717, 1.165) is 18.0 Å². The van der Waals surface area contributed by atoms with Gasteiger partial charge in [-0.2, -0.15) is 16.1 Å². The third-order valence-electron chi connectivity index (χ3n) is 2.27. The van der Waals surface area contributed by atoms with Gasteiger partial charge in [0.15, 0.2) is 16.6 Å². The van der Waals surface area contributed by atoms with E-state index in [0.29, 0.717) is 16.8 Å². The van der Waals surface area contributed by atoms with Crippen LogP contribution in [0.25, 0.3) is 0 Å². The van der Waals surface area contributed by atoms with Crippen LogP contribution in [0.15, 0.2) is 0 Å². The Bertz CT molecular complexity index is 341. The predicted molar refractivity (Wildman–Crippen MR) is 78.4 cm³/mol. The number of hydrogen-bond donors (Lipinski definition) is 2. The molecule has 0 bridgehead atoms. The van der Waals surface area contributed by atoms with Crippen molar-refractivity contribution in [2.75, 3.05) is 23.9 Å². The summed E-state index contributed by atoms with van der Waals surface area (Å²) < 4.78 is 9.77. The van der Waals surface area contributed by atoms with E-state index in [1.54, 1.807) is 0 Å². The molecule has 17 heavy (non-hydrogen) atoms. The van der Waals surface area contributed by atoms with Crippen molar-refractivity contribution in [1.82, 2.24) is 4.37 Å². The van der Waals surface area contributed by atoms with E-state index in [1.165, 1.54) is 11.5 Å². The summed E-state index contributed by atoms with van der Waals surface area (Å²) in [7, 11) is 0. The second kappa shape index (κ2) is 6.96. The van der Waals surface area contributed by atoms with Crippen LogP contribution in [0.2, 0.25) is 0 Å². The van der Waals surface area contributed by atoms with Gasteiger partial charge in [0.1, 0.15) is 0 Å². The molecule has 1 aromatic rings. The summed E-state index contributed by atoms with van der Waals surface area (Å²) in [5.41, 5.74) is 5.78. The Morgan fingerprint density at radius 2 is 2.18 bits per heavy atom. The first-order chi connectivity index (χ1) is 8.04. The standard InChI is InChI=1S/C11H21N3OS2/c1-7(2)15-9-10(12)14-17-11(9)13-6-5-8(3)16-4/h7-8,13H,5-6H2,1-4H3,(H2,12,14). The number of nitrogens with two attached hydrogens (primary N) is 1. The van der Waals surface area contributed by atoms with Gasteiger partial charge in [0.25, 0.3) is 0 Å². The quantitative estimate of drug-likeness (QED) is 0.801. The molecule has 1 unspecified atom stereocenters. The van der Waals surface area contributed by atoms with Crippen LogP contribution in [0.5, 0.6) is 5.75 Å². The minimum atomic E-state index is 0.111. The highest BCUT2D eigenvalue weighted by atomic mass is 32.2. The lowest BCUT2D eigenvalue weighted by atomic mass is 10.3. The van der Waals surface area contributed by atoms with Crippen LogP contribution >= 0.6 is 23.3 Å². The van der Waals surface area contributed by atoms with Crippen LogP contribution in [0.1, 0.15) is 27.2 Å². The lowest BCUT2D eigenvalue weighted by Gasteiger charge is -2.12. The van der Waals surface area contributed by atoms with Gasteiger partial charge < -0.3 is 15.8 Å². The van der Waals surface area contributed by atoms with Gasteiger partial charge >= 0.3 is 0 Å². The molecule has 3 N–H and O–H groups in total. The maximum atomic E-state index is 5.78. The Morgan fingerprint density at radius 3 is 2.76 bits per heavy atom. The minimum absolute atomic E-state index is 0.111. The minimum Gasteiger partial charge on any atom is -0.484 e. The Labute approximate surface area is 111 Å². The molecule has 0 aliphatic heterocycles. The molecule has 1 heterocycles. The summed E-state index contributed by atoms with van der Waals surface area (Å²) in [5, 5.41) is 4.93. The highest BCUT2D eigenvalue weighted by molar-refractivity contribution is 7.99. The van der Waals surface area contributed by atoms with Crippen LogP contribution in [0, 0.1) is 0 Å². The maximum Gasteiger partial charge on any atom is 0.197 e. The molecule has 0 aromatic carbocycles. The van der Waals surface area contributed by atoms with Gasteiger partial charge in [0, 0.05) is 11.8 Å². The van der Waals surface area contributed by atoms with Crippen molar-refractivity contribution in [2.45, 2.75) is 38.5 Å². The van der Waals surface area contributed by atoms with Gasteiger partial charge in [0.05, 0.1) is 6.10 Å². The lowest BCUT2D eigenvalue weighted by molar-refractivity contribution is 0.245. The van der Waals surface area contributed by atoms with Gasteiger partial charge in [-0.15, -0.1) is 0 Å². The first-order valence-corrected chi connectivity index (χ1v) is 7.79. The normalized spacial score (nSPS) is 12.8. The molecular weight excluding hydrogens is 254 g/mol. The number of nitrogen functional groups attached to an aromatic ring is 1. The fraction of sp³-hybridized carbons (Fsp3) is 0.727. The topological polar surface area (TPSA) is 60.2 Å². The molecule has 4 nitrogen and oxygen atoms in total. The number of nitrogens with zero attached hydrogens (tertiary/aromatic N) is 1. The van der Waals surface area contributed by atoms with Crippen molar-refractivity contribution in [3.05, 3.63) is 0 Å². The molecular formula is C11H21N3OS2. The molecule has 1 aromatic heterocycles. The number of ether oxygens (including phenoxy) is 1. The van der Waals surface area contributed by atoms with Crippen LogP contribution in [-0.4, -0.2) is 28.5 Å². The smallest absolute Gasteiger partial charge is 0.197 e. The van der Waals surface area contributed by atoms with E-state index < -0.39 is 0 Å². The van der Waals surface area contributed by atoms with E-state index in [9.17, 15) is 0 Å². The fourth-order valence-corrected chi connectivity index (χ4v) is 2.29. The zero-order chi connectivity index (χ0) is 12.8. The highest BCUT2D eigenvalue weighted by Crippen LogP contribution is 2.35. The fourth-order valence-electron chi connectivity index (χ4n) is 1.26. The van der Waals surface area contributed by atoms with Crippen LogP contribution in [0.4, 0.5) is 10.8 Å².